The van der Waals surface area contributed by atoms with E-state index in [1.54, 1.807) is 29.8 Å². The molecule has 0 spiro atoms. The average Bonchev–Trinajstić information content (AvgIpc) is 2.66. The Hall–Kier alpha value is -1.98. The summed E-state index contributed by atoms with van der Waals surface area (Å²) in [5.74, 6) is 0.786. The van der Waals surface area contributed by atoms with Crippen LogP contribution in [0.3, 0.4) is 0 Å². The number of hydrogen-bond donors (Lipinski definition) is 2. The van der Waals surface area contributed by atoms with E-state index >= 15 is 0 Å². The van der Waals surface area contributed by atoms with Crippen LogP contribution < -0.4 is 16.2 Å². The second-order valence-corrected chi connectivity index (χ2v) is 7.05. The van der Waals surface area contributed by atoms with Crippen molar-refractivity contribution in [2.24, 2.45) is 4.99 Å². The highest BCUT2D eigenvalue weighted by atomic mass is 35.5. The van der Waals surface area contributed by atoms with Crippen molar-refractivity contribution >= 4 is 29.2 Å². The summed E-state index contributed by atoms with van der Waals surface area (Å²) in [6.45, 7) is 2.34. The van der Waals surface area contributed by atoms with Gasteiger partial charge in [-0.25, -0.2) is 0 Å². The number of nitrogens with one attached hydrogen (secondary N) is 2. The van der Waals surface area contributed by atoms with Crippen molar-refractivity contribution in [1.82, 2.24) is 15.2 Å². The summed E-state index contributed by atoms with van der Waals surface area (Å²) in [7, 11) is 1.76. The number of hydrogen-bond acceptors (Lipinski definition) is 2. The monoisotopic (exact) mass is 408 g/mol. The van der Waals surface area contributed by atoms with Crippen LogP contribution in [0.25, 0.3) is 0 Å². The van der Waals surface area contributed by atoms with E-state index in [1.165, 1.54) is 0 Å². The van der Waals surface area contributed by atoms with Crippen molar-refractivity contribution in [3.63, 3.8) is 0 Å². The third-order valence-electron chi connectivity index (χ3n) is 4.17. The molecule has 1 heterocycles. The molecule has 0 unspecified atom stereocenters. The molecule has 0 radical (unpaired) electrons. The first kappa shape index (κ1) is 21.3. The number of halogens is 2. The second kappa shape index (κ2) is 11.7. The highest BCUT2D eigenvalue weighted by Crippen LogP contribution is 2.21. The Kier molecular flexibility index (Phi) is 9.22. The molecule has 0 bridgehead atoms. The fraction of sp³-hybridized carbons (Fsp3) is 0.400. The van der Waals surface area contributed by atoms with Gasteiger partial charge in [-0.3, -0.25) is 9.79 Å². The third-order valence-corrected chi connectivity index (χ3v) is 4.76. The van der Waals surface area contributed by atoms with E-state index < -0.39 is 0 Å². The van der Waals surface area contributed by atoms with Crippen LogP contribution in [0.5, 0.6) is 0 Å². The summed E-state index contributed by atoms with van der Waals surface area (Å²) in [6.07, 6.45) is 5.54. The number of aliphatic imine (C=N–C) groups is 1. The molecule has 0 aliphatic rings. The first-order chi connectivity index (χ1) is 13.1. The van der Waals surface area contributed by atoms with E-state index in [0.717, 1.165) is 56.8 Å². The lowest BCUT2D eigenvalue weighted by Crippen LogP contribution is -2.38. The minimum atomic E-state index is 0.0451. The smallest absolute Gasteiger partial charge is 0.250 e. The van der Waals surface area contributed by atoms with Crippen molar-refractivity contribution < 1.29 is 0 Å². The largest absolute Gasteiger partial charge is 0.356 e. The molecule has 146 valence electrons. The van der Waals surface area contributed by atoms with Gasteiger partial charge in [0.2, 0.25) is 5.56 Å². The fourth-order valence-electron chi connectivity index (χ4n) is 2.69. The summed E-state index contributed by atoms with van der Waals surface area (Å²) in [5.41, 5.74) is 1.14. The molecular formula is C20H26Cl2N4O. The summed E-state index contributed by atoms with van der Waals surface area (Å²) in [5, 5.41) is 7.97. The summed E-state index contributed by atoms with van der Waals surface area (Å²) in [6, 6.07) is 10.8. The van der Waals surface area contributed by atoms with Crippen molar-refractivity contribution in [1.29, 1.82) is 0 Å². The number of guanidine groups is 1. The van der Waals surface area contributed by atoms with Gasteiger partial charge < -0.3 is 15.2 Å². The molecule has 0 atom stereocenters. The predicted octanol–water partition coefficient (Wildman–Crippen LogP) is 3.73. The van der Waals surface area contributed by atoms with Gasteiger partial charge in [0.15, 0.2) is 5.96 Å². The van der Waals surface area contributed by atoms with Crippen molar-refractivity contribution in [3.05, 3.63) is 68.6 Å². The molecule has 7 heteroatoms. The summed E-state index contributed by atoms with van der Waals surface area (Å²) >= 11 is 12.1. The van der Waals surface area contributed by atoms with Gasteiger partial charge in [0.25, 0.3) is 0 Å². The number of unbranched alkanes of at least 4 members (excludes halogenated alkanes) is 1. The quantitative estimate of drug-likeness (QED) is 0.377. The number of aromatic nitrogens is 1. The minimum absolute atomic E-state index is 0.0451. The summed E-state index contributed by atoms with van der Waals surface area (Å²) < 4.78 is 1.73. The van der Waals surface area contributed by atoms with Gasteiger partial charge in [-0.15, -0.1) is 0 Å². The zero-order chi connectivity index (χ0) is 19.5. The number of rotatable bonds is 9. The molecule has 2 aromatic rings. The van der Waals surface area contributed by atoms with E-state index in [-0.39, 0.29) is 5.56 Å². The highest BCUT2D eigenvalue weighted by Gasteiger charge is 2.02. The maximum absolute atomic E-state index is 11.6. The molecule has 0 saturated heterocycles. The average molecular weight is 409 g/mol. The van der Waals surface area contributed by atoms with Gasteiger partial charge in [0, 0.05) is 49.0 Å². The molecule has 0 aliphatic heterocycles. The lowest BCUT2D eigenvalue weighted by molar-refractivity contribution is 0.585. The first-order valence-corrected chi connectivity index (χ1v) is 9.89. The van der Waals surface area contributed by atoms with E-state index in [1.807, 2.05) is 24.4 Å². The van der Waals surface area contributed by atoms with E-state index in [0.29, 0.717) is 10.0 Å². The molecule has 27 heavy (non-hydrogen) atoms. The van der Waals surface area contributed by atoms with Gasteiger partial charge in [-0.05, 0) is 49.4 Å². The summed E-state index contributed by atoms with van der Waals surface area (Å²) in [4.78, 5) is 15.9. The van der Waals surface area contributed by atoms with Crippen LogP contribution in [-0.4, -0.2) is 30.7 Å². The maximum atomic E-state index is 11.6. The Labute approximate surface area is 170 Å². The Morgan fingerprint density at radius 3 is 2.56 bits per heavy atom. The van der Waals surface area contributed by atoms with Gasteiger partial charge in [0.1, 0.15) is 0 Å². The van der Waals surface area contributed by atoms with Crippen molar-refractivity contribution in [3.8, 4) is 0 Å². The maximum Gasteiger partial charge on any atom is 0.250 e. The molecule has 2 N–H and O–H groups in total. The Bertz CT molecular complexity index is 805. The topological polar surface area (TPSA) is 58.4 Å². The SMILES string of the molecule is CN=C(NCCCCn1ccccc1=O)NCCCc1ccc(Cl)cc1Cl. The Morgan fingerprint density at radius 2 is 1.85 bits per heavy atom. The fourth-order valence-corrected chi connectivity index (χ4v) is 3.19. The molecule has 5 nitrogen and oxygen atoms in total. The molecule has 1 aromatic heterocycles. The Balaban J connectivity index is 1.60. The van der Waals surface area contributed by atoms with Crippen molar-refractivity contribution in [2.75, 3.05) is 20.1 Å². The van der Waals surface area contributed by atoms with Gasteiger partial charge in [-0.2, -0.15) is 0 Å². The molecule has 0 amide bonds. The van der Waals surface area contributed by atoms with Gasteiger partial charge in [-0.1, -0.05) is 35.3 Å². The van der Waals surface area contributed by atoms with E-state index in [2.05, 4.69) is 15.6 Å². The molecule has 1 aromatic carbocycles. The zero-order valence-electron chi connectivity index (χ0n) is 15.5. The van der Waals surface area contributed by atoms with E-state index in [4.69, 9.17) is 23.2 Å². The first-order valence-electron chi connectivity index (χ1n) is 9.14. The highest BCUT2D eigenvalue weighted by molar-refractivity contribution is 6.35. The molecule has 0 aliphatic carbocycles. The molecule has 0 saturated carbocycles. The number of pyridine rings is 1. The van der Waals surface area contributed by atoms with Gasteiger partial charge >= 0.3 is 0 Å². The van der Waals surface area contributed by atoms with Gasteiger partial charge in [0.05, 0.1) is 0 Å². The van der Waals surface area contributed by atoms with Crippen LogP contribution in [-0.2, 0) is 13.0 Å². The van der Waals surface area contributed by atoms with Crippen LogP contribution in [0.4, 0.5) is 0 Å². The molecular weight excluding hydrogens is 383 g/mol. The van der Waals surface area contributed by atoms with Crippen LogP contribution in [0.1, 0.15) is 24.8 Å². The second-order valence-electron chi connectivity index (χ2n) is 6.20. The lowest BCUT2D eigenvalue weighted by atomic mass is 10.1. The third kappa shape index (κ3) is 7.65. The lowest BCUT2D eigenvalue weighted by Gasteiger charge is -2.12. The molecule has 2 rings (SSSR count). The minimum Gasteiger partial charge on any atom is -0.356 e. The molecule has 0 fully saturated rings. The van der Waals surface area contributed by atoms with Crippen LogP contribution in [0.15, 0.2) is 52.4 Å². The normalized spacial score (nSPS) is 11.4. The van der Waals surface area contributed by atoms with Crippen LogP contribution >= 0.6 is 23.2 Å². The number of benzene rings is 1. The van der Waals surface area contributed by atoms with Crippen LogP contribution in [0, 0.1) is 0 Å². The standard InChI is InChI=1S/C20H26Cl2N4O/c1-23-20(24-11-3-5-14-26-13-4-2-8-19(26)27)25-12-6-7-16-9-10-17(21)15-18(16)22/h2,4,8-10,13,15H,3,5-7,11-12,14H2,1H3,(H2,23,24,25). The number of nitrogens with zero attached hydrogens (tertiary/aromatic N) is 2. The Morgan fingerprint density at radius 1 is 1.07 bits per heavy atom. The van der Waals surface area contributed by atoms with Crippen LogP contribution in [0.2, 0.25) is 10.0 Å². The number of aryl methyl sites for hydroxylation is 2. The van der Waals surface area contributed by atoms with Crippen molar-refractivity contribution in [2.45, 2.75) is 32.2 Å². The van der Waals surface area contributed by atoms with E-state index in [9.17, 15) is 4.79 Å². The predicted molar refractivity (Wildman–Crippen MR) is 114 cm³/mol. The zero-order valence-corrected chi connectivity index (χ0v) is 17.1.